The van der Waals surface area contributed by atoms with Gasteiger partial charge in [0, 0.05) is 18.6 Å². The molecule has 1 saturated carbocycles. The van der Waals surface area contributed by atoms with Gasteiger partial charge in [-0.3, -0.25) is 0 Å². The Morgan fingerprint density at radius 1 is 1.11 bits per heavy atom. The van der Waals surface area contributed by atoms with Gasteiger partial charge < -0.3 is 15.5 Å². The van der Waals surface area contributed by atoms with Crippen LogP contribution in [0.1, 0.15) is 45.4 Å². The third-order valence-corrected chi connectivity index (χ3v) is 5.55. The van der Waals surface area contributed by atoms with E-state index >= 15 is 0 Å². The smallest absolute Gasteiger partial charge is 0.0374 e. The van der Waals surface area contributed by atoms with Crippen molar-refractivity contribution in [2.45, 2.75) is 57.5 Å². The zero-order valence-corrected chi connectivity index (χ0v) is 13.1. The van der Waals surface area contributed by atoms with E-state index in [1.165, 1.54) is 51.6 Å². The fourth-order valence-electron chi connectivity index (χ4n) is 4.26. The summed E-state index contributed by atoms with van der Waals surface area (Å²) in [6, 6.07) is 0.903. The summed E-state index contributed by atoms with van der Waals surface area (Å²) in [6.45, 7) is 5.91. The van der Waals surface area contributed by atoms with Crippen molar-refractivity contribution in [2.24, 2.45) is 17.6 Å². The number of likely N-dealkylation sites (N-methyl/N-ethyl adjacent to an activating group) is 2. The van der Waals surface area contributed by atoms with Crippen molar-refractivity contribution in [3.05, 3.63) is 0 Å². The topological polar surface area (TPSA) is 32.5 Å². The Morgan fingerprint density at radius 2 is 1.84 bits per heavy atom. The summed E-state index contributed by atoms with van der Waals surface area (Å²) in [4.78, 5) is 4.99. The molecule has 2 aliphatic rings. The van der Waals surface area contributed by atoms with E-state index in [1.807, 2.05) is 0 Å². The van der Waals surface area contributed by atoms with Crippen LogP contribution in [0.3, 0.4) is 0 Å². The van der Waals surface area contributed by atoms with E-state index in [0.717, 1.165) is 18.4 Å². The number of hydrogen-bond donors (Lipinski definition) is 1. The molecule has 1 aliphatic carbocycles. The van der Waals surface area contributed by atoms with Gasteiger partial charge in [-0.1, -0.05) is 32.6 Å². The lowest BCUT2D eigenvalue weighted by Gasteiger charge is -2.41. The van der Waals surface area contributed by atoms with Crippen LogP contribution in [0, 0.1) is 11.8 Å². The summed E-state index contributed by atoms with van der Waals surface area (Å²) >= 11 is 0. The van der Waals surface area contributed by atoms with Crippen molar-refractivity contribution >= 4 is 0 Å². The van der Waals surface area contributed by atoms with Gasteiger partial charge in [-0.05, 0) is 51.9 Å². The first-order valence-corrected chi connectivity index (χ1v) is 8.27. The molecule has 0 bridgehead atoms. The normalized spacial score (nSPS) is 36.9. The minimum absolute atomic E-state index is 0.357. The predicted molar refractivity (Wildman–Crippen MR) is 82.2 cm³/mol. The largest absolute Gasteiger partial charge is 0.326 e. The quantitative estimate of drug-likeness (QED) is 0.850. The zero-order valence-electron chi connectivity index (χ0n) is 13.1. The van der Waals surface area contributed by atoms with Gasteiger partial charge in [0.05, 0.1) is 0 Å². The maximum absolute atomic E-state index is 6.74. The van der Waals surface area contributed by atoms with Gasteiger partial charge in [-0.25, -0.2) is 0 Å². The van der Waals surface area contributed by atoms with E-state index in [0.29, 0.717) is 12.1 Å². The van der Waals surface area contributed by atoms with Gasteiger partial charge in [0.2, 0.25) is 0 Å². The number of hydrogen-bond acceptors (Lipinski definition) is 3. The molecule has 4 unspecified atom stereocenters. The highest BCUT2D eigenvalue weighted by Gasteiger charge is 2.35. The minimum Gasteiger partial charge on any atom is -0.326 e. The predicted octanol–water partition coefficient (Wildman–Crippen LogP) is 2.17. The summed E-state index contributed by atoms with van der Waals surface area (Å²) < 4.78 is 0. The highest BCUT2D eigenvalue weighted by atomic mass is 15.2. The van der Waals surface area contributed by atoms with Gasteiger partial charge in [-0.2, -0.15) is 0 Å². The zero-order chi connectivity index (χ0) is 13.8. The molecule has 2 fully saturated rings. The van der Waals surface area contributed by atoms with Crippen LogP contribution in [0.25, 0.3) is 0 Å². The van der Waals surface area contributed by atoms with Crippen LogP contribution in [-0.4, -0.2) is 55.6 Å². The summed E-state index contributed by atoms with van der Waals surface area (Å²) in [5.41, 5.74) is 6.74. The molecule has 2 N–H and O–H groups in total. The number of nitrogens with two attached hydrogens (primary N) is 1. The highest BCUT2D eigenvalue weighted by Crippen LogP contribution is 2.35. The fourth-order valence-corrected chi connectivity index (χ4v) is 4.26. The summed E-state index contributed by atoms with van der Waals surface area (Å²) in [6.07, 6.45) is 8.15. The van der Waals surface area contributed by atoms with E-state index < -0.39 is 0 Å². The Kier molecular flexibility index (Phi) is 5.67. The van der Waals surface area contributed by atoms with E-state index in [1.54, 1.807) is 0 Å². The van der Waals surface area contributed by atoms with Crippen LogP contribution in [0.2, 0.25) is 0 Å². The third kappa shape index (κ3) is 3.71. The molecule has 112 valence electrons. The molecule has 1 heterocycles. The van der Waals surface area contributed by atoms with E-state index in [4.69, 9.17) is 5.73 Å². The van der Waals surface area contributed by atoms with E-state index in [2.05, 4.69) is 30.8 Å². The molecule has 0 amide bonds. The maximum atomic E-state index is 6.74. The van der Waals surface area contributed by atoms with Gasteiger partial charge in [0.1, 0.15) is 0 Å². The van der Waals surface area contributed by atoms with Crippen LogP contribution >= 0.6 is 0 Å². The van der Waals surface area contributed by atoms with Crippen LogP contribution in [0.15, 0.2) is 0 Å². The maximum Gasteiger partial charge on any atom is 0.0374 e. The number of nitrogens with zero attached hydrogens (tertiary/aromatic N) is 2. The molecule has 4 atom stereocenters. The van der Waals surface area contributed by atoms with E-state index in [-0.39, 0.29) is 0 Å². The van der Waals surface area contributed by atoms with Crippen molar-refractivity contribution in [3.8, 4) is 0 Å². The Bertz CT molecular complexity index is 269. The molecule has 1 saturated heterocycles. The van der Waals surface area contributed by atoms with Crippen molar-refractivity contribution in [2.75, 3.05) is 33.7 Å². The monoisotopic (exact) mass is 267 g/mol. The molecular weight excluding hydrogens is 234 g/mol. The Balaban J connectivity index is 2.04. The lowest BCUT2D eigenvalue weighted by molar-refractivity contribution is 0.112. The Hall–Kier alpha value is -0.120. The number of rotatable bonds is 3. The van der Waals surface area contributed by atoms with Crippen LogP contribution < -0.4 is 5.73 Å². The summed E-state index contributed by atoms with van der Waals surface area (Å²) in [5, 5.41) is 0. The lowest BCUT2D eigenvalue weighted by atomic mass is 9.72. The molecule has 0 aromatic carbocycles. The average molecular weight is 267 g/mol. The van der Waals surface area contributed by atoms with Crippen molar-refractivity contribution in [1.29, 1.82) is 0 Å². The molecule has 2 rings (SSSR count). The van der Waals surface area contributed by atoms with Gasteiger partial charge in [0.15, 0.2) is 0 Å². The van der Waals surface area contributed by atoms with Crippen LogP contribution in [0.4, 0.5) is 0 Å². The van der Waals surface area contributed by atoms with Gasteiger partial charge in [0.25, 0.3) is 0 Å². The molecule has 3 heteroatoms. The highest BCUT2D eigenvalue weighted by molar-refractivity contribution is 4.93. The standard InChI is InChI=1S/C16H33N3/c1-4-13-8-5-6-9-14(13)16(17)15-12-18(2)10-7-11-19(15)3/h13-16H,4-12,17H2,1-3H3. The summed E-state index contributed by atoms with van der Waals surface area (Å²) in [7, 11) is 4.52. The molecule has 0 aromatic rings. The summed E-state index contributed by atoms with van der Waals surface area (Å²) in [5.74, 6) is 1.61. The first kappa shape index (κ1) is 15.3. The van der Waals surface area contributed by atoms with E-state index in [9.17, 15) is 0 Å². The van der Waals surface area contributed by atoms with Gasteiger partial charge >= 0.3 is 0 Å². The molecule has 0 spiro atoms. The Morgan fingerprint density at radius 3 is 2.58 bits per heavy atom. The van der Waals surface area contributed by atoms with Crippen LogP contribution in [0.5, 0.6) is 0 Å². The third-order valence-electron chi connectivity index (χ3n) is 5.55. The second-order valence-corrected chi connectivity index (χ2v) is 6.86. The second-order valence-electron chi connectivity index (χ2n) is 6.86. The molecule has 1 aliphatic heterocycles. The average Bonchev–Trinajstić information content (AvgIpc) is 2.59. The lowest BCUT2D eigenvalue weighted by Crippen LogP contribution is -2.55. The second kappa shape index (κ2) is 7.05. The molecule has 19 heavy (non-hydrogen) atoms. The van der Waals surface area contributed by atoms with Crippen molar-refractivity contribution in [1.82, 2.24) is 9.80 Å². The van der Waals surface area contributed by atoms with Gasteiger partial charge in [-0.15, -0.1) is 0 Å². The SMILES string of the molecule is CCC1CCCCC1C(N)C1CN(C)CCCN1C. The molecular formula is C16H33N3. The van der Waals surface area contributed by atoms with Crippen LogP contribution in [-0.2, 0) is 0 Å². The van der Waals surface area contributed by atoms with Crippen molar-refractivity contribution < 1.29 is 0 Å². The molecule has 0 aromatic heterocycles. The molecule has 0 radical (unpaired) electrons. The Labute approximate surface area is 119 Å². The fraction of sp³-hybridized carbons (Fsp3) is 1.00. The van der Waals surface area contributed by atoms with Crippen molar-refractivity contribution in [3.63, 3.8) is 0 Å². The first-order valence-electron chi connectivity index (χ1n) is 8.27. The molecule has 3 nitrogen and oxygen atoms in total. The first-order chi connectivity index (χ1) is 9.13. The minimum atomic E-state index is 0.357.